The topological polar surface area (TPSA) is 75.7 Å². The van der Waals surface area contributed by atoms with Crippen molar-refractivity contribution in [3.05, 3.63) is 94.3 Å². The van der Waals surface area contributed by atoms with Gasteiger partial charge in [-0.3, -0.25) is 9.59 Å². The summed E-state index contributed by atoms with van der Waals surface area (Å²) in [6.07, 6.45) is 0.0432. The number of alkyl carbamates (subject to hydrolysis) is 1. The summed E-state index contributed by atoms with van der Waals surface area (Å²) in [6.45, 7) is 5.50. The highest BCUT2D eigenvalue weighted by Gasteiger charge is 2.33. The molecule has 4 rings (SSSR count). The van der Waals surface area contributed by atoms with Crippen LogP contribution in [0.3, 0.4) is 0 Å². The van der Waals surface area contributed by atoms with Crippen LogP contribution >= 0.6 is 23.4 Å². The number of amides is 2. The minimum atomic E-state index is -0.831. The number of Topliss-reactive ketones (excluding diaryl/α,β-unsaturated/α-hetero) is 1. The first-order valence-electron chi connectivity index (χ1n) is 12.6. The molecule has 0 aliphatic carbocycles. The lowest BCUT2D eigenvalue weighted by Crippen LogP contribution is -2.50. The fourth-order valence-corrected chi connectivity index (χ4v) is 5.30. The van der Waals surface area contributed by atoms with Gasteiger partial charge in [-0.1, -0.05) is 41.9 Å². The normalized spacial score (nSPS) is 15.4. The molecule has 204 valence electrons. The van der Waals surface area contributed by atoms with Crippen LogP contribution in [0, 0.1) is 5.82 Å². The van der Waals surface area contributed by atoms with Gasteiger partial charge in [0.05, 0.1) is 12.2 Å². The number of carbonyl (C=O) groups excluding carboxylic acids is 3. The molecular formula is C30H30ClFN2O4S. The van der Waals surface area contributed by atoms with E-state index in [1.165, 1.54) is 23.9 Å². The van der Waals surface area contributed by atoms with E-state index in [0.29, 0.717) is 28.4 Å². The van der Waals surface area contributed by atoms with Gasteiger partial charge in [-0.05, 0) is 74.7 Å². The van der Waals surface area contributed by atoms with Gasteiger partial charge in [-0.15, -0.1) is 11.8 Å². The molecule has 2 amide bonds. The predicted octanol–water partition coefficient (Wildman–Crippen LogP) is 6.83. The van der Waals surface area contributed by atoms with Gasteiger partial charge in [0.1, 0.15) is 17.5 Å². The van der Waals surface area contributed by atoms with Gasteiger partial charge in [-0.2, -0.15) is 0 Å². The lowest BCUT2D eigenvalue weighted by atomic mass is 10.0. The number of anilines is 1. The molecule has 0 fully saturated rings. The molecule has 1 aliphatic rings. The number of hydrogen-bond donors (Lipinski definition) is 1. The number of halogens is 2. The first-order valence-corrected chi connectivity index (χ1v) is 13.9. The summed E-state index contributed by atoms with van der Waals surface area (Å²) in [5, 5.41) is 3.30. The molecule has 0 spiro atoms. The molecule has 1 N–H and O–H groups in total. The first-order chi connectivity index (χ1) is 18.5. The maximum atomic E-state index is 13.8. The van der Waals surface area contributed by atoms with E-state index in [4.69, 9.17) is 16.3 Å². The zero-order chi connectivity index (χ0) is 28.2. The molecule has 6 nitrogen and oxygen atoms in total. The van der Waals surface area contributed by atoms with Gasteiger partial charge < -0.3 is 15.0 Å². The van der Waals surface area contributed by atoms with Crippen LogP contribution in [-0.2, 0) is 22.5 Å². The van der Waals surface area contributed by atoms with E-state index < -0.39 is 17.7 Å². The van der Waals surface area contributed by atoms with Crippen molar-refractivity contribution < 1.29 is 23.5 Å². The number of hydrogen-bond acceptors (Lipinski definition) is 5. The van der Waals surface area contributed by atoms with Crippen molar-refractivity contribution >= 4 is 46.8 Å². The van der Waals surface area contributed by atoms with Crippen molar-refractivity contribution in [2.75, 3.05) is 10.7 Å². The Hall–Kier alpha value is -3.36. The Morgan fingerprint density at radius 2 is 1.72 bits per heavy atom. The highest BCUT2D eigenvalue weighted by atomic mass is 35.5. The summed E-state index contributed by atoms with van der Waals surface area (Å²) in [5.74, 6) is -0.407. The zero-order valence-corrected chi connectivity index (χ0v) is 23.6. The van der Waals surface area contributed by atoms with E-state index in [9.17, 15) is 18.8 Å². The quantitative estimate of drug-likeness (QED) is 0.316. The smallest absolute Gasteiger partial charge is 0.408 e. The van der Waals surface area contributed by atoms with Crippen molar-refractivity contribution in [1.29, 1.82) is 0 Å². The lowest BCUT2D eigenvalue weighted by Gasteiger charge is -2.27. The second-order valence-corrected chi connectivity index (χ2v) is 11.8. The molecule has 3 aromatic carbocycles. The Balaban J connectivity index is 1.60. The van der Waals surface area contributed by atoms with Gasteiger partial charge in [-0.25, -0.2) is 9.18 Å². The van der Waals surface area contributed by atoms with Gasteiger partial charge in [0.15, 0.2) is 5.78 Å². The van der Waals surface area contributed by atoms with E-state index in [1.807, 2.05) is 18.2 Å². The summed E-state index contributed by atoms with van der Waals surface area (Å²) < 4.78 is 18.6. The van der Waals surface area contributed by atoms with E-state index in [2.05, 4.69) is 5.32 Å². The number of nitrogens with zero attached hydrogens (tertiary/aromatic N) is 1. The lowest BCUT2D eigenvalue weighted by molar-refractivity contribution is -0.120. The van der Waals surface area contributed by atoms with Gasteiger partial charge in [0.2, 0.25) is 0 Å². The van der Waals surface area contributed by atoms with Crippen LogP contribution in [0.25, 0.3) is 0 Å². The summed E-state index contributed by atoms with van der Waals surface area (Å²) in [4.78, 5) is 41.8. The third kappa shape index (κ3) is 7.83. The predicted molar refractivity (Wildman–Crippen MR) is 152 cm³/mol. The number of nitrogens with one attached hydrogen (secondary N) is 1. The van der Waals surface area contributed by atoms with Crippen LogP contribution in [-0.4, -0.2) is 35.2 Å². The molecular weight excluding hydrogens is 539 g/mol. The number of ketones is 1. The number of fused-ring (bicyclic) bond motifs is 1. The van der Waals surface area contributed by atoms with E-state index >= 15 is 0 Å². The van der Waals surface area contributed by atoms with Crippen LogP contribution in [0.15, 0.2) is 71.6 Å². The monoisotopic (exact) mass is 568 g/mol. The third-order valence-electron chi connectivity index (χ3n) is 6.04. The highest BCUT2D eigenvalue weighted by Crippen LogP contribution is 2.36. The molecule has 0 unspecified atom stereocenters. The van der Waals surface area contributed by atoms with E-state index in [0.717, 1.165) is 16.0 Å². The molecule has 3 aromatic rings. The standard InChI is InChI=1S/C30H30ClFN2O4S/c1-30(2,3)38-29(37)33-24-18-39-27-15-9-21(26(35)14-8-19-6-12-23(32)13-7-19)16-25(27)34(28(24)36)17-20-4-10-22(31)11-5-20/h4-7,9-13,15-16,24H,8,14,17-18H2,1-3H3,(H,33,37)/t24-/m0/s1. The van der Waals surface area contributed by atoms with E-state index in [-0.39, 0.29) is 30.5 Å². The van der Waals surface area contributed by atoms with Crippen molar-refractivity contribution in [1.82, 2.24) is 5.32 Å². The van der Waals surface area contributed by atoms with Crippen molar-refractivity contribution in [3.8, 4) is 0 Å². The molecule has 9 heteroatoms. The van der Waals surface area contributed by atoms with Gasteiger partial charge >= 0.3 is 6.09 Å². The van der Waals surface area contributed by atoms with Crippen molar-refractivity contribution in [3.63, 3.8) is 0 Å². The first kappa shape index (κ1) is 28.6. The average Bonchev–Trinajstić information content (AvgIpc) is 3.00. The summed E-state index contributed by atoms with van der Waals surface area (Å²) >= 11 is 7.49. The minimum Gasteiger partial charge on any atom is -0.444 e. The number of rotatable bonds is 7. The van der Waals surface area contributed by atoms with Crippen molar-refractivity contribution in [2.45, 2.75) is 56.7 Å². The Kier molecular flexibility index (Phi) is 8.97. The maximum absolute atomic E-state index is 13.8. The molecule has 0 bridgehead atoms. The number of benzene rings is 3. The second-order valence-electron chi connectivity index (χ2n) is 10.3. The summed E-state index contributed by atoms with van der Waals surface area (Å²) in [6, 6.07) is 17.8. The third-order valence-corrected chi connectivity index (χ3v) is 7.45. The SMILES string of the molecule is CC(C)(C)OC(=O)N[C@H]1CSc2ccc(C(=O)CCc3ccc(F)cc3)cc2N(Cc2ccc(Cl)cc2)C1=O. The Bertz CT molecular complexity index is 1360. The highest BCUT2D eigenvalue weighted by molar-refractivity contribution is 7.99. The summed E-state index contributed by atoms with van der Waals surface area (Å²) in [5.41, 5.74) is 2.07. The molecule has 1 aliphatic heterocycles. The number of carbonyl (C=O) groups is 3. The fraction of sp³-hybridized carbons (Fsp3) is 0.300. The molecule has 0 saturated heterocycles. The molecule has 1 heterocycles. The zero-order valence-electron chi connectivity index (χ0n) is 22.0. The van der Waals surface area contributed by atoms with Crippen molar-refractivity contribution in [2.24, 2.45) is 0 Å². The summed E-state index contributed by atoms with van der Waals surface area (Å²) in [7, 11) is 0. The van der Waals surface area contributed by atoms with E-state index in [1.54, 1.807) is 62.1 Å². The van der Waals surface area contributed by atoms with Crippen LogP contribution < -0.4 is 10.2 Å². The molecule has 0 saturated carbocycles. The van der Waals surface area contributed by atoms with Crippen LogP contribution in [0.4, 0.5) is 14.9 Å². The van der Waals surface area contributed by atoms with Gasteiger partial charge in [0.25, 0.3) is 5.91 Å². The largest absolute Gasteiger partial charge is 0.444 e. The Labute approximate surface area is 236 Å². The van der Waals surface area contributed by atoms with Crippen LogP contribution in [0.1, 0.15) is 48.7 Å². The van der Waals surface area contributed by atoms with Crippen LogP contribution in [0.5, 0.6) is 0 Å². The Morgan fingerprint density at radius 1 is 1.05 bits per heavy atom. The molecule has 1 atom stereocenters. The number of thioether (sulfide) groups is 1. The Morgan fingerprint density at radius 3 is 2.38 bits per heavy atom. The van der Waals surface area contributed by atoms with Crippen LogP contribution in [0.2, 0.25) is 5.02 Å². The average molecular weight is 569 g/mol. The number of aryl methyl sites for hydroxylation is 1. The molecule has 0 radical (unpaired) electrons. The maximum Gasteiger partial charge on any atom is 0.408 e. The molecule has 39 heavy (non-hydrogen) atoms. The second kappa shape index (κ2) is 12.2. The number of ether oxygens (including phenoxy) is 1. The fourth-order valence-electron chi connectivity index (χ4n) is 4.12. The minimum absolute atomic E-state index is 0.0845. The van der Waals surface area contributed by atoms with Gasteiger partial charge in [0, 0.05) is 27.7 Å². The molecule has 0 aromatic heterocycles.